The lowest BCUT2D eigenvalue weighted by molar-refractivity contribution is 0.0179. The van der Waals surface area contributed by atoms with Gasteiger partial charge in [0.1, 0.15) is 6.23 Å². The van der Waals surface area contributed by atoms with E-state index in [1.54, 1.807) is 12.4 Å². The summed E-state index contributed by atoms with van der Waals surface area (Å²) in [6.07, 6.45) is 3.60. The fourth-order valence-electron chi connectivity index (χ4n) is 1.71. The summed E-state index contributed by atoms with van der Waals surface area (Å²) >= 11 is 0. The molecule has 0 aliphatic rings. The van der Waals surface area contributed by atoms with Crippen molar-refractivity contribution in [2.75, 3.05) is 13.6 Å². The molecule has 1 unspecified atom stereocenters. The van der Waals surface area contributed by atoms with E-state index >= 15 is 0 Å². The minimum atomic E-state index is -0.671. The Balaban J connectivity index is 1.90. The summed E-state index contributed by atoms with van der Waals surface area (Å²) in [7, 11) is 1.88. The maximum Gasteiger partial charge on any atom is 0.150 e. The first-order valence-corrected chi connectivity index (χ1v) is 5.96. The molecule has 0 bridgehead atoms. The Kier molecular flexibility index (Phi) is 4.39. The predicted octanol–water partition coefficient (Wildman–Crippen LogP) is 1.64. The van der Waals surface area contributed by atoms with Crippen LogP contribution in [0.3, 0.4) is 0 Å². The van der Waals surface area contributed by atoms with Crippen LogP contribution in [0.4, 0.5) is 0 Å². The molecule has 2 heterocycles. The van der Waals surface area contributed by atoms with E-state index in [1.165, 1.54) is 0 Å². The van der Waals surface area contributed by atoms with Gasteiger partial charge < -0.3 is 5.11 Å². The van der Waals surface area contributed by atoms with Gasteiger partial charge in [0.25, 0.3) is 0 Å². The molecule has 0 aliphatic carbocycles. The van der Waals surface area contributed by atoms with E-state index in [4.69, 9.17) is 0 Å². The van der Waals surface area contributed by atoms with Gasteiger partial charge in [0.2, 0.25) is 0 Å². The van der Waals surface area contributed by atoms with Crippen molar-refractivity contribution in [1.29, 1.82) is 0 Å². The van der Waals surface area contributed by atoms with Gasteiger partial charge in [-0.2, -0.15) is 0 Å². The van der Waals surface area contributed by atoms with Crippen LogP contribution < -0.4 is 0 Å². The van der Waals surface area contributed by atoms with E-state index in [1.807, 2.05) is 48.3 Å². The van der Waals surface area contributed by atoms with Crippen LogP contribution in [0.25, 0.3) is 0 Å². The summed E-state index contributed by atoms with van der Waals surface area (Å²) in [4.78, 5) is 10.3. The second-order valence-electron chi connectivity index (χ2n) is 4.18. The van der Waals surface area contributed by atoms with Crippen molar-refractivity contribution in [3.05, 3.63) is 60.2 Å². The molecule has 2 aromatic heterocycles. The molecular formula is C14H17N3O. The highest BCUT2D eigenvalue weighted by Gasteiger charge is 2.14. The molecule has 4 heteroatoms. The van der Waals surface area contributed by atoms with Gasteiger partial charge in [-0.1, -0.05) is 12.1 Å². The highest BCUT2D eigenvalue weighted by atomic mass is 16.3. The smallest absolute Gasteiger partial charge is 0.150 e. The molecule has 0 amide bonds. The van der Waals surface area contributed by atoms with Gasteiger partial charge in [-0.15, -0.1) is 0 Å². The number of rotatable bonds is 5. The van der Waals surface area contributed by atoms with Gasteiger partial charge in [-0.05, 0) is 31.3 Å². The molecule has 0 aromatic carbocycles. The third-order valence-corrected chi connectivity index (χ3v) is 2.82. The first-order chi connectivity index (χ1) is 8.77. The van der Waals surface area contributed by atoms with Gasteiger partial charge in [-0.3, -0.25) is 14.9 Å². The number of hydrogen-bond donors (Lipinski definition) is 1. The van der Waals surface area contributed by atoms with Crippen molar-refractivity contribution >= 4 is 0 Å². The number of aromatic nitrogens is 2. The Labute approximate surface area is 107 Å². The molecule has 1 N–H and O–H groups in total. The van der Waals surface area contributed by atoms with Crippen LogP contribution in [0, 0.1) is 0 Å². The maximum absolute atomic E-state index is 10.1. The molecule has 0 saturated heterocycles. The molecule has 2 aromatic rings. The number of hydrogen-bond acceptors (Lipinski definition) is 4. The minimum absolute atomic E-state index is 0.668. The molecule has 1 atom stereocenters. The molecular weight excluding hydrogens is 226 g/mol. The molecule has 4 nitrogen and oxygen atoms in total. The zero-order valence-corrected chi connectivity index (χ0v) is 10.4. The van der Waals surface area contributed by atoms with Crippen LogP contribution in [0.1, 0.15) is 17.6 Å². The number of aliphatic hydroxyl groups is 1. The summed E-state index contributed by atoms with van der Waals surface area (Å²) < 4.78 is 0. The Morgan fingerprint density at radius 3 is 2.44 bits per heavy atom. The topological polar surface area (TPSA) is 49.2 Å². The van der Waals surface area contributed by atoms with Gasteiger partial charge in [0.15, 0.2) is 0 Å². The lowest BCUT2D eigenvalue weighted by Crippen LogP contribution is -2.27. The summed E-state index contributed by atoms with van der Waals surface area (Å²) in [6.45, 7) is 0.731. The zero-order chi connectivity index (χ0) is 12.8. The van der Waals surface area contributed by atoms with Crippen molar-refractivity contribution in [3.63, 3.8) is 0 Å². The fourth-order valence-corrected chi connectivity index (χ4v) is 1.71. The van der Waals surface area contributed by atoms with E-state index in [0.717, 1.165) is 18.7 Å². The number of aliphatic hydroxyl groups excluding tert-OH is 1. The first kappa shape index (κ1) is 12.7. The average molecular weight is 243 g/mol. The Morgan fingerprint density at radius 1 is 1.11 bits per heavy atom. The SMILES string of the molecule is CN(CCc1ccccn1)C(O)c1ccccn1. The average Bonchev–Trinajstić information content (AvgIpc) is 2.46. The van der Waals surface area contributed by atoms with Crippen LogP contribution in [0.2, 0.25) is 0 Å². The molecule has 94 valence electrons. The maximum atomic E-state index is 10.1. The third kappa shape index (κ3) is 3.35. The quantitative estimate of drug-likeness (QED) is 0.811. The molecule has 18 heavy (non-hydrogen) atoms. The molecule has 0 saturated carbocycles. The Morgan fingerprint density at radius 2 is 1.83 bits per heavy atom. The molecule has 0 spiro atoms. The first-order valence-electron chi connectivity index (χ1n) is 5.96. The number of likely N-dealkylation sites (N-methyl/N-ethyl adjacent to an activating group) is 1. The van der Waals surface area contributed by atoms with Crippen LogP contribution in [-0.4, -0.2) is 33.6 Å². The van der Waals surface area contributed by atoms with E-state index in [-0.39, 0.29) is 0 Å². The van der Waals surface area contributed by atoms with Gasteiger partial charge in [-0.25, -0.2) is 0 Å². The molecule has 0 fully saturated rings. The lowest BCUT2D eigenvalue weighted by Gasteiger charge is -2.22. The predicted molar refractivity (Wildman–Crippen MR) is 69.8 cm³/mol. The Bertz CT molecular complexity index is 461. The van der Waals surface area contributed by atoms with E-state index in [0.29, 0.717) is 5.69 Å². The van der Waals surface area contributed by atoms with Crippen molar-refractivity contribution in [2.24, 2.45) is 0 Å². The summed E-state index contributed by atoms with van der Waals surface area (Å²) in [6, 6.07) is 11.4. The van der Waals surface area contributed by atoms with Gasteiger partial charge in [0.05, 0.1) is 5.69 Å². The second-order valence-corrected chi connectivity index (χ2v) is 4.18. The van der Waals surface area contributed by atoms with Crippen molar-refractivity contribution in [3.8, 4) is 0 Å². The third-order valence-electron chi connectivity index (χ3n) is 2.82. The second kappa shape index (κ2) is 6.23. The van der Waals surface area contributed by atoms with Gasteiger partial charge >= 0.3 is 0 Å². The van der Waals surface area contributed by atoms with Crippen molar-refractivity contribution < 1.29 is 5.11 Å². The number of pyridine rings is 2. The van der Waals surface area contributed by atoms with Crippen molar-refractivity contribution in [2.45, 2.75) is 12.6 Å². The largest absolute Gasteiger partial charge is 0.372 e. The van der Waals surface area contributed by atoms with E-state index in [9.17, 15) is 5.11 Å². The summed E-state index contributed by atoms with van der Waals surface area (Å²) in [5.74, 6) is 0. The van der Waals surface area contributed by atoms with Crippen molar-refractivity contribution in [1.82, 2.24) is 14.9 Å². The normalized spacial score (nSPS) is 12.6. The minimum Gasteiger partial charge on any atom is -0.372 e. The molecule has 2 rings (SSSR count). The standard InChI is InChI=1S/C14H17N3O/c1-17(11-8-12-6-2-4-9-15-12)14(18)13-7-3-5-10-16-13/h2-7,9-10,14,18H,8,11H2,1H3. The lowest BCUT2D eigenvalue weighted by atomic mass is 10.2. The van der Waals surface area contributed by atoms with Crippen LogP contribution in [0.5, 0.6) is 0 Å². The fraction of sp³-hybridized carbons (Fsp3) is 0.286. The van der Waals surface area contributed by atoms with Crippen LogP contribution in [0.15, 0.2) is 48.8 Å². The number of nitrogens with zero attached hydrogens (tertiary/aromatic N) is 3. The Hall–Kier alpha value is -1.78. The van der Waals surface area contributed by atoms with E-state index < -0.39 is 6.23 Å². The molecule has 0 radical (unpaired) electrons. The summed E-state index contributed by atoms with van der Waals surface area (Å²) in [5.41, 5.74) is 1.69. The zero-order valence-electron chi connectivity index (χ0n) is 10.4. The highest BCUT2D eigenvalue weighted by molar-refractivity contribution is 5.07. The highest BCUT2D eigenvalue weighted by Crippen LogP contribution is 2.13. The van der Waals surface area contributed by atoms with Crippen LogP contribution >= 0.6 is 0 Å². The monoisotopic (exact) mass is 243 g/mol. The van der Waals surface area contributed by atoms with Crippen LogP contribution in [-0.2, 0) is 6.42 Å². The van der Waals surface area contributed by atoms with E-state index in [2.05, 4.69) is 9.97 Å². The summed E-state index contributed by atoms with van der Waals surface area (Å²) in [5, 5.41) is 10.1. The molecule has 0 aliphatic heterocycles. The van der Waals surface area contributed by atoms with Gasteiger partial charge in [0, 0.05) is 31.1 Å².